The van der Waals surface area contributed by atoms with Gasteiger partial charge in [0.05, 0.1) is 10.5 Å². The standard InChI is InChI=1S/C20H15F3N2O4/c1-13-10-16(25(26)27)5-8-18(13)29-19-9-2-14(11-24-19)12-28-17-6-3-15(4-7-17)20(21,22)23/h2-11H,12H2,1H3. The largest absolute Gasteiger partial charge is 0.489 e. The van der Waals surface area contributed by atoms with Crippen molar-refractivity contribution in [3.8, 4) is 17.4 Å². The summed E-state index contributed by atoms with van der Waals surface area (Å²) < 4.78 is 48.7. The SMILES string of the molecule is Cc1cc([N+](=O)[O-])ccc1Oc1ccc(COc2ccc(C(F)(F)F)cc2)cn1. The van der Waals surface area contributed by atoms with Gasteiger partial charge < -0.3 is 9.47 Å². The van der Waals surface area contributed by atoms with Crippen molar-refractivity contribution in [2.75, 3.05) is 0 Å². The third-order valence-corrected chi connectivity index (χ3v) is 3.97. The van der Waals surface area contributed by atoms with E-state index in [1.54, 1.807) is 19.1 Å². The number of nitro benzene ring substituents is 1. The van der Waals surface area contributed by atoms with Gasteiger partial charge in [-0.2, -0.15) is 13.2 Å². The molecule has 3 rings (SSSR count). The highest BCUT2D eigenvalue weighted by atomic mass is 19.4. The Kier molecular flexibility index (Phi) is 5.67. The van der Waals surface area contributed by atoms with Crippen molar-refractivity contribution >= 4 is 5.69 Å². The molecule has 0 unspecified atom stereocenters. The second-order valence-electron chi connectivity index (χ2n) is 6.12. The Morgan fingerprint density at radius 2 is 1.79 bits per heavy atom. The summed E-state index contributed by atoms with van der Waals surface area (Å²) in [7, 11) is 0. The number of rotatable bonds is 6. The number of nitro groups is 1. The summed E-state index contributed by atoms with van der Waals surface area (Å²) >= 11 is 0. The summed E-state index contributed by atoms with van der Waals surface area (Å²) in [6.07, 6.45) is -2.87. The van der Waals surface area contributed by atoms with E-state index in [0.29, 0.717) is 28.5 Å². The molecule has 0 fully saturated rings. The maximum Gasteiger partial charge on any atom is 0.416 e. The van der Waals surface area contributed by atoms with Crippen LogP contribution in [-0.2, 0) is 12.8 Å². The zero-order chi connectivity index (χ0) is 21.0. The fourth-order valence-corrected chi connectivity index (χ4v) is 2.44. The highest BCUT2D eigenvalue weighted by molar-refractivity contribution is 5.44. The second kappa shape index (κ2) is 8.17. The molecule has 9 heteroatoms. The lowest BCUT2D eigenvalue weighted by Crippen LogP contribution is -2.04. The molecule has 2 aromatic carbocycles. The van der Waals surface area contributed by atoms with Gasteiger partial charge in [0.2, 0.25) is 5.88 Å². The zero-order valence-corrected chi connectivity index (χ0v) is 15.1. The first kappa shape index (κ1) is 20.1. The first-order chi connectivity index (χ1) is 13.7. The predicted octanol–water partition coefficient (Wildman–Crippen LogP) is 5.69. The van der Waals surface area contributed by atoms with Gasteiger partial charge in [-0.05, 0) is 48.9 Å². The Hall–Kier alpha value is -3.62. The number of aryl methyl sites for hydroxylation is 1. The fraction of sp³-hybridized carbons (Fsp3) is 0.150. The number of alkyl halides is 3. The number of hydrogen-bond donors (Lipinski definition) is 0. The molecule has 3 aromatic rings. The Bertz CT molecular complexity index is 1000. The number of non-ortho nitro benzene ring substituents is 1. The maximum absolute atomic E-state index is 12.6. The van der Waals surface area contributed by atoms with Crippen molar-refractivity contribution in [1.29, 1.82) is 0 Å². The number of hydrogen-bond acceptors (Lipinski definition) is 5. The molecule has 0 amide bonds. The highest BCUT2D eigenvalue weighted by Gasteiger charge is 2.30. The summed E-state index contributed by atoms with van der Waals surface area (Å²) in [5.41, 5.74) is 0.515. The van der Waals surface area contributed by atoms with E-state index in [0.717, 1.165) is 12.1 Å². The van der Waals surface area contributed by atoms with Crippen molar-refractivity contribution in [3.05, 3.63) is 87.6 Å². The van der Waals surface area contributed by atoms with E-state index < -0.39 is 16.7 Å². The molecular weight excluding hydrogens is 389 g/mol. The van der Waals surface area contributed by atoms with E-state index in [4.69, 9.17) is 9.47 Å². The summed E-state index contributed by atoms with van der Waals surface area (Å²) in [5.74, 6) is 1.04. The van der Waals surface area contributed by atoms with Crippen molar-refractivity contribution in [2.24, 2.45) is 0 Å². The lowest BCUT2D eigenvalue weighted by molar-refractivity contribution is -0.384. The van der Waals surface area contributed by atoms with Gasteiger partial charge in [-0.15, -0.1) is 0 Å². The molecule has 0 spiro atoms. The van der Waals surface area contributed by atoms with Crippen LogP contribution < -0.4 is 9.47 Å². The Balaban J connectivity index is 1.60. The fourth-order valence-electron chi connectivity index (χ4n) is 2.44. The van der Waals surface area contributed by atoms with Gasteiger partial charge in [-0.3, -0.25) is 10.1 Å². The van der Waals surface area contributed by atoms with Gasteiger partial charge >= 0.3 is 6.18 Å². The van der Waals surface area contributed by atoms with Crippen molar-refractivity contribution in [3.63, 3.8) is 0 Å². The smallest absolute Gasteiger partial charge is 0.416 e. The van der Waals surface area contributed by atoms with Gasteiger partial charge in [0.25, 0.3) is 5.69 Å². The minimum absolute atomic E-state index is 0.0291. The topological polar surface area (TPSA) is 74.5 Å². The Labute approximate surface area is 163 Å². The van der Waals surface area contributed by atoms with Crippen molar-refractivity contribution < 1.29 is 27.6 Å². The molecule has 150 valence electrons. The van der Waals surface area contributed by atoms with Gasteiger partial charge in [-0.25, -0.2) is 4.98 Å². The Morgan fingerprint density at radius 3 is 2.34 bits per heavy atom. The summed E-state index contributed by atoms with van der Waals surface area (Å²) in [4.78, 5) is 14.4. The van der Waals surface area contributed by atoms with E-state index in [9.17, 15) is 23.3 Å². The monoisotopic (exact) mass is 404 g/mol. The van der Waals surface area contributed by atoms with Crippen LogP contribution in [0.15, 0.2) is 60.8 Å². The normalized spacial score (nSPS) is 11.2. The molecular formula is C20H15F3N2O4. The average Bonchev–Trinajstić information content (AvgIpc) is 2.68. The number of benzene rings is 2. The quantitative estimate of drug-likeness (QED) is 0.390. The van der Waals surface area contributed by atoms with E-state index in [1.807, 2.05) is 0 Å². The van der Waals surface area contributed by atoms with E-state index in [1.165, 1.54) is 36.5 Å². The van der Waals surface area contributed by atoms with Crippen LogP contribution in [0.25, 0.3) is 0 Å². The number of ether oxygens (including phenoxy) is 2. The van der Waals surface area contributed by atoms with Gasteiger partial charge in [0, 0.05) is 30.0 Å². The number of halogens is 3. The van der Waals surface area contributed by atoms with E-state index >= 15 is 0 Å². The summed E-state index contributed by atoms with van der Waals surface area (Å²) in [6.45, 7) is 1.81. The molecule has 0 aliphatic rings. The minimum atomic E-state index is -4.39. The first-order valence-corrected chi connectivity index (χ1v) is 8.40. The van der Waals surface area contributed by atoms with Gasteiger partial charge in [0.1, 0.15) is 18.1 Å². The molecule has 1 aromatic heterocycles. The second-order valence-corrected chi connectivity index (χ2v) is 6.12. The minimum Gasteiger partial charge on any atom is -0.489 e. The average molecular weight is 404 g/mol. The van der Waals surface area contributed by atoms with Crippen molar-refractivity contribution in [2.45, 2.75) is 19.7 Å². The molecule has 0 saturated carbocycles. The third-order valence-electron chi connectivity index (χ3n) is 3.97. The van der Waals surface area contributed by atoms with Crippen LogP contribution in [0, 0.1) is 17.0 Å². The van der Waals surface area contributed by atoms with Crippen LogP contribution in [-0.4, -0.2) is 9.91 Å². The molecule has 29 heavy (non-hydrogen) atoms. The predicted molar refractivity (Wildman–Crippen MR) is 97.9 cm³/mol. The molecule has 6 nitrogen and oxygen atoms in total. The molecule has 0 bridgehead atoms. The molecule has 0 N–H and O–H groups in total. The van der Waals surface area contributed by atoms with Gasteiger partial charge in [-0.1, -0.05) is 0 Å². The first-order valence-electron chi connectivity index (χ1n) is 8.40. The van der Waals surface area contributed by atoms with E-state index in [2.05, 4.69) is 4.98 Å². The van der Waals surface area contributed by atoms with Crippen LogP contribution in [0.4, 0.5) is 18.9 Å². The molecule has 0 saturated heterocycles. The van der Waals surface area contributed by atoms with Crippen LogP contribution in [0.1, 0.15) is 16.7 Å². The number of pyridine rings is 1. The summed E-state index contributed by atoms with van der Waals surface area (Å²) in [5, 5.41) is 10.8. The third kappa shape index (κ3) is 5.22. The number of aromatic nitrogens is 1. The lowest BCUT2D eigenvalue weighted by Gasteiger charge is -2.10. The molecule has 0 aliphatic heterocycles. The van der Waals surface area contributed by atoms with Crippen LogP contribution in [0.5, 0.6) is 17.4 Å². The Morgan fingerprint density at radius 1 is 1.07 bits per heavy atom. The zero-order valence-electron chi connectivity index (χ0n) is 15.1. The van der Waals surface area contributed by atoms with E-state index in [-0.39, 0.29) is 12.3 Å². The lowest BCUT2D eigenvalue weighted by atomic mass is 10.2. The van der Waals surface area contributed by atoms with Crippen LogP contribution in [0.3, 0.4) is 0 Å². The van der Waals surface area contributed by atoms with Crippen LogP contribution in [0.2, 0.25) is 0 Å². The maximum atomic E-state index is 12.6. The molecule has 1 heterocycles. The molecule has 0 radical (unpaired) electrons. The summed E-state index contributed by atoms with van der Waals surface area (Å²) in [6, 6.07) is 12.0. The van der Waals surface area contributed by atoms with Crippen molar-refractivity contribution in [1.82, 2.24) is 4.98 Å². The van der Waals surface area contributed by atoms with Crippen LogP contribution >= 0.6 is 0 Å². The molecule has 0 atom stereocenters. The van der Waals surface area contributed by atoms with Gasteiger partial charge in [0.15, 0.2) is 0 Å². The highest BCUT2D eigenvalue weighted by Crippen LogP contribution is 2.30. The molecule has 0 aliphatic carbocycles. The number of nitrogens with zero attached hydrogens (tertiary/aromatic N) is 2.